The topological polar surface area (TPSA) is 66.6 Å². The molecule has 1 aromatic carbocycles. The van der Waals surface area contributed by atoms with Crippen LogP contribution in [0.3, 0.4) is 0 Å². The maximum absolute atomic E-state index is 10.7. The number of benzene rings is 1. The van der Waals surface area contributed by atoms with Gasteiger partial charge in [-0.1, -0.05) is 30.4 Å². The molecule has 1 aliphatic rings. The van der Waals surface area contributed by atoms with Gasteiger partial charge < -0.3 is 5.73 Å². The van der Waals surface area contributed by atoms with E-state index in [1.54, 1.807) is 6.08 Å². The number of amides is 2. The van der Waals surface area contributed by atoms with E-state index in [-0.39, 0.29) is 6.54 Å². The quantitative estimate of drug-likeness (QED) is 0.477. The number of nitrogens with two attached hydrogens (primary N) is 1. The zero-order valence-electron chi connectivity index (χ0n) is 10.7. The molecular formula is C14H18N2O2S. The number of nitrogens with zero attached hydrogens (tertiary/aromatic N) is 1. The molecule has 1 fully saturated rings. The highest BCUT2D eigenvalue weighted by Gasteiger charge is 2.21. The van der Waals surface area contributed by atoms with Crippen molar-refractivity contribution in [2.24, 2.45) is 11.7 Å². The molecule has 0 radical (unpaired) electrons. The van der Waals surface area contributed by atoms with Gasteiger partial charge in [0.1, 0.15) is 0 Å². The van der Waals surface area contributed by atoms with Crippen molar-refractivity contribution in [2.75, 3.05) is 12.3 Å². The third-order valence-electron chi connectivity index (χ3n) is 2.92. The Hall–Kier alpha value is -1.46. The van der Waals surface area contributed by atoms with E-state index in [2.05, 4.69) is 6.07 Å². The van der Waals surface area contributed by atoms with Gasteiger partial charge in [0.15, 0.2) is 0 Å². The summed E-state index contributed by atoms with van der Waals surface area (Å²) in [7, 11) is 0. The van der Waals surface area contributed by atoms with Crippen LogP contribution in [0.2, 0.25) is 0 Å². The van der Waals surface area contributed by atoms with Gasteiger partial charge in [-0.05, 0) is 30.4 Å². The number of carbonyl (C=O) groups excluding carboxylic acids is 1. The van der Waals surface area contributed by atoms with Crippen LogP contribution in [0.15, 0.2) is 35.2 Å². The van der Waals surface area contributed by atoms with Gasteiger partial charge in [-0.2, -0.15) is 0 Å². The maximum Gasteiger partial charge on any atom is 0.338 e. The van der Waals surface area contributed by atoms with Gasteiger partial charge in [-0.15, -0.1) is 11.8 Å². The molecule has 1 aliphatic carbocycles. The van der Waals surface area contributed by atoms with Crippen LogP contribution in [0.25, 0.3) is 6.08 Å². The van der Waals surface area contributed by atoms with Crippen molar-refractivity contribution in [1.29, 1.82) is 0 Å². The first kappa shape index (κ1) is 14.0. The predicted molar refractivity (Wildman–Crippen MR) is 77.0 cm³/mol. The second kappa shape index (κ2) is 6.63. The standard InChI is InChI=1S/C14H18N2O2S/c15-14(17)16(18)9-3-5-12-4-1-2-6-13(12)19-10-11-7-8-11/h1-6,11,18H,7-10H2,(H2,15,17)/b5-3+. The molecule has 0 unspecified atom stereocenters. The summed E-state index contributed by atoms with van der Waals surface area (Å²) in [4.78, 5) is 11.9. The van der Waals surface area contributed by atoms with E-state index in [0.29, 0.717) is 5.06 Å². The first-order valence-electron chi connectivity index (χ1n) is 6.31. The minimum absolute atomic E-state index is 0.0942. The summed E-state index contributed by atoms with van der Waals surface area (Å²) in [5, 5.41) is 9.64. The summed E-state index contributed by atoms with van der Waals surface area (Å²) in [6, 6.07) is 7.27. The van der Waals surface area contributed by atoms with E-state index in [0.717, 1.165) is 17.2 Å². The number of carbonyl (C=O) groups is 1. The number of primary amides is 1. The molecule has 2 rings (SSSR count). The Morgan fingerprint density at radius 1 is 1.47 bits per heavy atom. The van der Waals surface area contributed by atoms with Crippen molar-refractivity contribution in [3.8, 4) is 0 Å². The molecule has 102 valence electrons. The number of hydrogen-bond donors (Lipinski definition) is 2. The van der Waals surface area contributed by atoms with Crippen molar-refractivity contribution < 1.29 is 10.0 Å². The zero-order valence-corrected chi connectivity index (χ0v) is 11.5. The van der Waals surface area contributed by atoms with Gasteiger partial charge in [0.05, 0.1) is 6.54 Å². The highest BCUT2D eigenvalue weighted by molar-refractivity contribution is 7.99. The fourth-order valence-electron chi connectivity index (χ4n) is 1.61. The molecule has 0 saturated heterocycles. The molecule has 4 nitrogen and oxygen atoms in total. The number of hydrogen-bond acceptors (Lipinski definition) is 3. The first-order valence-corrected chi connectivity index (χ1v) is 7.29. The molecule has 5 heteroatoms. The van der Waals surface area contributed by atoms with Gasteiger partial charge in [0.2, 0.25) is 0 Å². The SMILES string of the molecule is NC(=O)N(O)C/C=C/c1ccccc1SCC1CC1. The molecule has 3 N–H and O–H groups in total. The summed E-state index contributed by atoms with van der Waals surface area (Å²) in [6.45, 7) is 0.0942. The summed E-state index contributed by atoms with van der Waals surface area (Å²) >= 11 is 1.86. The van der Waals surface area contributed by atoms with Gasteiger partial charge >= 0.3 is 6.03 Å². The average molecular weight is 278 g/mol. The third kappa shape index (κ3) is 4.61. The van der Waals surface area contributed by atoms with E-state index < -0.39 is 6.03 Å². The van der Waals surface area contributed by atoms with E-state index >= 15 is 0 Å². The number of thioether (sulfide) groups is 1. The molecule has 0 heterocycles. The van der Waals surface area contributed by atoms with Crippen molar-refractivity contribution in [2.45, 2.75) is 17.7 Å². The lowest BCUT2D eigenvalue weighted by Crippen LogP contribution is -2.32. The minimum atomic E-state index is -0.846. The molecule has 2 amide bonds. The Kier molecular flexibility index (Phi) is 4.87. The monoisotopic (exact) mass is 278 g/mol. The molecule has 1 saturated carbocycles. The summed E-state index contributed by atoms with van der Waals surface area (Å²) < 4.78 is 0. The van der Waals surface area contributed by atoms with Crippen LogP contribution in [0.5, 0.6) is 0 Å². The van der Waals surface area contributed by atoms with Gasteiger partial charge in [-0.3, -0.25) is 5.21 Å². The molecule has 0 atom stereocenters. The second-order valence-electron chi connectivity index (χ2n) is 4.61. The Labute approximate surface area is 117 Å². The van der Waals surface area contributed by atoms with E-state index in [9.17, 15) is 4.79 Å². The lowest BCUT2D eigenvalue weighted by Gasteiger charge is -2.08. The normalized spacial score (nSPS) is 14.8. The van der Waals surface area contributed by atoms with Crippen LogP contribution in [-0.4, -0.2) is 28.6 Å². The largest absolute Gasteiger partial charge is 0.350 e. The van der Waals surface area contributed by atoms with Crippen LogP contribution in [-0.2, 0) is 0 Å². The Bertz CT molecular complexity index is 472. The molecule has 0 aliphatic heterocycles. The number of hydroxylamine groups is 2. The summed E-state index contributed by atoms with van der Waals surface area (Å²) in [5.74, 6) is 2.04. The van der Waals surface area contributed by atoms with Crippen LogP contribution in [0.4, 0.5) is 4.79 Å². The fourth-order valence-corrected chi connectivity index (χ4v) is 2.84. The van der Waals surface area contributed by atoms with Crippen LogP contribution in [0, 0.1) is 5.92 Å². The molecule has 19 heavy (non-hydrogen) atoms. The lowest BCUT2D eigenvalue weighted by molar-refractivity contribution is -0.0286. The lowest BCUT2D eigenvalue weighted by atomic mass is 10.2. The van der Waals surface area contributed by atoms with E-state index in [4.69, 9.17) is 10.9 Å². The van der Waals surface area contributed by atoms with Gasteiger partial charge in [0.25, 0.3) is 0 Å². The number of rotatable bonds is 6. The summed E-state index contributed by atoms with van der Waals surface area (Å²) in [5.41, 5.74) is 6.04. The van der Waals surface area contributed by atoms with E-state index in [1.165, 1.54) is 17.7 Å². The Morgan fingerprint density at radius 2 is 2.21 bits per heavy atom. The van der Waals surface area contributed by atoms with Crippen molar-refractivity contribution in [3.05, 3.63) is 35.9 Å². The second-order valence-corrected chi connectivity index (χ2v) is 5.68. The van der Waals surface area contributed by atoms with Crippen LogP contribution in [0.1, 0.15) is 18.4 Å². The molecule has 0 spiro atoms. The van der Waals surface area contributed by atoms with Crippen molar-refractivity contribution in [1.82, 2.24) is 5.06 Å². The van der Waals surface area contributed by atoms with Gasteiger partial charge in [0, 0.05) is 10.6 Å². The van der Waals surface area contributed by atoms with E-state index in [1.807, 2.05) is 36.0 Å². The number of urea groups is 1. The molecule has 0 bridgehead atoms. The fraction of sp³-hybridized carbons (Fsp3) is 0.357. The smallest absolute Gasteiger partial charge is 0.338 e. The Morgan fingerprint density at radius 3 is 2.89 bits per heavy atom. The van der Waals surface area contributed by atoms with Gasteiger partial charge in [-0.25, -0.2) is 9.86 Å². The first-order chi connectivity index (χ1) is 9.16. The molecule has 0 aromatic heterocycles. The third-order valence-corrected chi connectivity index (χ3v) is 4.24. The average Bonchev–Trinajstić information content (AvgIpc) is 3.21. The Balaban J connectivity index is 1.94. The van der Waals surface area contributed by atoms with Crippen LogP contribution < -0.4 is 5.73 Å². The summed E-state index contributed by atoms with van der Waals surface area (Å²) in [6.07, 6.45) is 6.33. The highest BCUT2D eigenvalue weighted by Crippen LogP contribution is 2.36. The predicted octanol–water partition coefficient (Wildman–Crippen LogP) is 2.97. The van der Waals surface area contributed by atoms with Crippen molar-refractivity contribution in [3.63, 3.8) is 0 Å². The van der Waals surface area contributed by atoms with Crippen LogP contribution >= 0.6 is 11.8 Å². The molecule has 1 aromatic rings. The van der Waals surface area contributed by atoms with Crippen molar-refractivity contribution >= 4 is 23.9 Å². The highest BCUT2D eigenvalue weighted by atomic mass is 32.2. The minimum Gasteiger partial charge on any atom is -0.350 e. The molecular weight excluding hydrogens is 260 g/mol. The maximum atomic E-state index is 10.7. The zero-order chi connectivity index (χ0) is 13.7.